The van der Waals surface area contributed by atoms with Crippen molar-refractivity contribution in [1.82, 2.24) is 4.98 Å². The van der Waals surface area contributed by atoms with Crippen LogP contribution < -0.4 is 4.90 Å². The van der Waals surface area contributed by atoms with Gasteiger partial charge in [-0.2, -0.15) is 0 Å². The predicted octanol–water partition coefficient (Wildman–Crippen LogP) is 1.32. The highest BCUT2D eigenvalue weighted by Gasteiger charge is 2.08. The Kier molecular flexibility index (Phi) is 3.45. The summed E-state index contributed by atoms with van der Waals surface area (Å²) in [5, 5.41) is 0. The number of methoxy groups -OCH3 is 1. The van der Waals surface area contributed by atoms with Crippen molar-refractivity contribution in [3.8, 4) is 0 Å². The van der Waals surface area contributed by atoms with Crippen molar-refractivity contribution in [2.45, 2.75) is 6.92 Å². The van der Waals surface area contributed by atoms with Gasteiger partial charge in [0.25, 0.3) is 0 Å². The molecule has 0 spiro atoms. The third kappa shape index (κ3) is 2.22. The van der Waals surface area contributed by atoms with E-state index in [1.54, 1.807) is 12.1 Å². The van der Waals surface area contributed by atoms with Gasteiger partial charge in [-0.05, 0) is 19.1 Å². The van der Waals surface area contributed by atoms with Crippen LogP contribution in [0, 0.1) is 0 Å². The number of ether oxygens (including phenoxy) is 1. The highest BCUT2D eigenvalue weighted by Crippen LogP contribution is 2.09. The lowest BCUT2D eigenvalue weighted by Crippen LogP contribution is -2.18. The SMILES string of the molecule is CCN(C)c1cccc(C(=O)OC)n1. The standard InChI is InChI=1S/C10H14N2O2/c1-4-12(2)9-7-5-6-8(11-9)10(13)14-3/h5-7H,4H2,1-3H3. The molecule has 0 saturated heterocycles. The number of rotatable bonds is 3. The van der Waals surface area contributed by atoms with Crippen molar-refractivity contribution in [1.29, 1.82) is 0 Å². The van der Waals surface area contributed by atoms with Crippen molar-refractivity contribution in [2.24, 2.45) is 0 Å². The van der Waals surface area contributed by atoms with Gasteiger partial charge in [-0.15, -0.1) is 0 Å². The van der Waals surface area contributed by atoms with Crippen LogP contribution in [0.3, 0.4) is 0 Å². The summed E-state index contributed by atoms with van der Waals surface area (Å²) in [6, 6.07) is 5.29. The molecule has 0 fully saturated rings. The molecular formula is C10H14N2O2. The third-order valence-electron chi connectivity index (χ3n) is 1.99. The third-order valence-corrected chi connectivity index (χ3v) is 1.99. The molecule has 0 unspecified atom stereocenters. The first-order valence-electron chi connectivity index (χ1n) is 4.45. The van der Waals surface area contributed by atoms with E-state index in [0.717, 1.165) is 12.4 Å². The van der Waals surface area contributed by atoms with Gasteiger partial charge in [0.1, 0.15) is 5.82 Å². The van der Waals surface area contributed by atoms with Gasteiger partial charge >= 0.3 is 5.97 Å². The zero-order valence-electron chi connectivity index (χ0n) is 8.65. The Morgan fingerprint density at radius 2 is 2.29 bits per heavy atom. The fraction of sp³-hybridized carbons (Fsp3) is 0.400. The Bertz CT molecular complexity index is 326. The van der Waals surface area contributed by atoms with Crippen LogP contribution in [0.1, 0.15) is 17.4 Å². The molecule has 0 aromatic carbocycles. The van der Waals surface area contributed by atoms with E-state index in [1.807, 2.05) is 24.9 Å². The van der Waals surface area contributed by atoms with Crippen molar-refractivity contribution >= 4 is 11.8 Å². The number of hydrogen-bond acceptors (Lipinski definition) is 4. The van der Waals surface area contributed by atoms with Crippen LogP contribution in [-0.4, -0.2) is 31.7 Å². The van der Waals surface area contributed by atoms with Crippen LogP contribution in [0.15, 0.2) is 18.2 Å². The van der Waals surface area contributed by atoms with Gasteiger partial charge in [0.05, 0.1) is 7.11 Å². The maximum Gasteiger partial charge on any atom is 0.356 e. The van der Waals surface area contributed by atoms with Crippen molar-refractivity contribution in [2.75, 3.05) is 25.6 Å². The van der Waals surface area contributed by atoms with Crippen LogP contribution in [0.5, 0.6) is 0 Å². The molecule has 4 nitrogen and oxygen atoms in total. The van der Waals surface area contributed by atoms with Crippen LogP contribution in [0.25, 0.3) is 0 Å². The Hall–Kier alpha value is -1.58. The van der Waals surface area contributed by atoms with Gasteiger partial charge in [-0.3, -0.25) is 0 Å². The summed E-state index contributed by atoms with van der Waals surface area (Å²) in [5.41, 5.74) is 0.338. The molecule has 1 rings (SSSR count). The highest BCUT2D eigenvalue weighted by atomic mass is 16.5. The first-order valence-corrected chi connectivity index (χ1v) is 4.45. The molecular weight excluding hydrogens is 180 g/mol. The molecule has 4 heteroatoms. The van der Waals surface area contributed by atoms with Crippen molar-refractivity contribution in [3.05, 3.63) is 23.9 Å². The molecule has 0 saturated carbocycles. The molecule has 14 heavy (non-hydrogen) atoms. The lowest BCUT2D eigenvalue weighted by atomic mass is 10.3. The van der Waals surface area contributed by atoms with E-state index >= 15 is 0 Å². The van der Waals surface area contributed by atoms with E-state index < -0.39 is 5.97 Å². The van der Waals surface area contributed by atoms with Crippen LogP contribution >= 0.6 is 0 Å². The van der Waals surface area contributed by atoms with Crippen LogP contribution in [-0.2, 0) is 4.74 Å². The number of aromatic nitrogens is 1. The zero-order chi connectivity index (χ0) is 10.6. The fourth-order valence-electron chi connectivity index (χ4n) is 1.02. The maximum absolute atomic E-state index is 11.2. The van der Waals surface area contributed by atoms with Gasteiger partial charge in [0.15, 0.2) is 5.69 Å². The van der Waals surface area contributed by atoms with E-state index in [4.69, 9.17) is 0 Å². The smallest absolute Gasteiger partial charge is 0.356 e. The topological polar surface area (TPSA) is 42.4 Å². The predicted molar refractivity (Wildman–Crippen MR) is 54.5 cm³/mol. The number of pyridine rings is 1. The van der Waals surface area contributed by atoms with Gasteiger partial charge < -0.3 is 9.64 Å². The molecule has 76 valence electrons. The summed E-state index contributed by atoms with van der Waals surface area (Å²) in [5.74, 6) is 0.367. The van der Waals surface area contributed by atoms with Gasteiger partial charge in [0.2, 0.25) is 0 Å². The molecule has 1 heterocycles. The quantitative estimate of drug-likeness (QED) is 0.681. The van der Waals surface area contributed by atoms with Crippen LogP contribution in [0.4, 0.5) is 5.82 Å². The second-order valence-electron chi connectivity index (χ2n) is 2.89. The second-order valence-corrected chi connectivity index (χ2v) is 2.89. The number of anilines is 1. The largest absolute Gasteiger partial charge is 0.464 e. The van der Waals surface area contributed by atoms with Gasteiger partial charge in [0, 0.05) is 13.6 Å². The lowest BCUT2D eigenvalue weighted by Gasteiger charge is -2.15. The summed E-state index contributed by atoms with van der Waals surface area (Å²) < 4.78 is 4.58. The Morgan fingerprint density at radius 1 is 1.57 bits per heavy atom. The molecule has 0 atom stereocenters. The number of hydrogen-bond donors (Lipinski definition) is 0. The van der Waals surface area contributed by atoms with E-state index in [-0.39, 0.29) is 0 Å². The summed E-state index contributed by atoms with van der Waals surface area (Å²) in [4.78, 5) is 17.3. The van der Waals surface area contributed by atoms with E-state index in [2.05, 4.69) is 9.72 Å². The summed E-state index contributed by atoms with van der Waals surface area (Å²) in [6.45, 7) is 2.87. The number of carbonyl (C=O) groups excluding carboxylic acids is 1. The second kappa shape index (κ2) is 4.60. The molecule has 0 radical (unpaired) electrons. The fourth-order valence-corrected chi connectivity index (χ4v) is 1.02. The Morgan fingerprint density at radius 3 is 2.86 bits per heavy atom. The highest BCUT2D eigenvalue weighted by molar-refractivity contribution is 5.87. The monoisotopic (exact) mass is 194 g/mol. The average Bonchev–Trinajstić information content (AvgIpc) is 2.27. The number of esters is 1. The molecule has 0 amide bonds. The minimum absolute atomic E-state index is 0.338. The summed E-state index contributed by atoms with van der Waals surface area (Å²) >= 11 is 0. The van der Waals surface area contributed by atoms with E-state index in [0.29, 0.717) is 5.69 Å². The summed E-state index contributed by atoms with van der Waals surface area (Å²) in [6.07, 6.45) is 0. The number of nitrogens with zero attached hydrogens (tertiary/aromatic N) is 2. The summed E-state index contributed by atoms with van der Waals surface area (Å²) in [7, 11) is 3.27. The maximum atomic E-state index is 11.2. The Labute approximate surface area is 83.5 Å². The Balaban J connectivity index is 2.95. The molecule has 0 aliphatic rings. The van der Waals surface area contributed by atoms with Crippen molar-refractivity contribution < 1.29 is 9.53 Å². The molecule has 1 aromatic rings. The van der Waals surface area contributed by atoms with Crippen molar-refractivity contribution in [3.63, 3.8) is 0 Å². The molecule has 0 aliphatic carbocycles. The molecule has 1 aromatic heterocycles. The molecule has 0 aliphatic heterocycles. The van der Waals surface area contributed by atoms with E-state index in [9.17, 15) is 4.79 Å². The first kappa shape index (κ1) is 10.5. The van der Waals surface area contributed by atoms with Gasteiger partial charge in [-0.1, -0.05) is 6.07 Å². The normalized spacial score (nSPS) is 9.64. The minimum atomic E-state index is -0.406. The molecule has 0 N–H and O–H groups in total. The minimum Gasteiger partial charge on any atom is -0.464 e. The average molecular weight is 194 g/mol. The lowest BCUT2D eigenvalue weighted by molar-refractivity contribution is 0.0594. The van der Waals surface area contributed by atoms with E-state index in [1.165, 1.54) is 7.11 Å². The van der Waals surface area contributed by atoms with Gasteiger partial charge in [-0.25, -0.2) is 9.78 Å². The zero-order valence-corrected chi connectivity index (χ0v) is 8.65. The first-order chi connectivity index (χ1) is 6.69. The molecule has 0 bridgehead atoms. The van der Waals surface area contributed by atoms with Crippen LogP contribution in [0.2, 0.25) is 0 Å². The number of carbonyl (C=O) groups is 1.